The van der Waals surface area contributed by atoms with E-state index < -0.39 is 17.7 Å². The second-order valence-corrected chi connectivity index (χ2v) is 8.84. The minimum absolute atomic E-state index is 0.140. The SMILES string of the molecule is CC(C)(C)OC(=O)N1CCC[C@H]1C(=O)NCc1ccc(COCc2ccccc2)cc1. The van der Waals surface area contributed by atoms with Crippen LogP contribution in [0.25, 0.3) is 0 Å². The van der Waals surface area contributed by atoms with E-state index in [2.05, 4.69) is 5.32 Å². The zero-order valence-corrected chi connectivity index (χ0v) is 18.6. The van der Waals surface area contributed by atoms with Gasteiger partial charge >= 0.3 is 6.09 Å². The second-order valence-electron chi connectivity index (χ2n) is 8.84. The quantitative estimate of drug-likeness (QED) is 0.714. The van der Waals surface area contributed by atoms with Crippen molar-refractivity contribution in [3.8, 4) is 0 Å². The highest BCUT2D eigenvalue weighted by Gasteiger charge is 2.36. The first-order valence-corrected chi connectivity index (χ1v) is 10.8. The lowest BCUT2D eigenvalue weighted by Crippen LogP contribution is -2.47. The summed E-state index contributed by atoms with van der Waals surface area (Å²) < 4.78 is 11.2. The molecule has 166 valence electrons. The lowest BCUT2D eigenvalue weighted by atomic mass is 10.1. The van der Waals surface area contributed by atoms with Gasteiger partial charge < -0.3 is 14.8 Å². The van der Waals surface area contributed by atoms with Crippen molar-refractivity contribution in [2.45, 2.75) is 65.0 Å². The third-order valence-electron chi connectivity index (χ3n) is 5.05. The summed E-state index contributed by atoms with van der Waals surface area (Å²) in [6, 6.07) is 17.6. The standard InChI is InChI=1S/C25H32N2O4/c1-25(2,3)31-24(29)27-15-7-10-22(27)23(28)26-16-19-11-13-21(14-12-19)18-30-17-20-8-5-4-6-9-20/h4-6,8-9,11-14,22H,7,10,15-18H2,1-3H3,(H,26,28)/t22-/m0/s1. The van der Waals surface area contributed by atoms with E-state index in [1.807, 2.05) is 75.4 Å². The average molecular weight is 425 g/mol. The van der Waals surface area contributed by atoms with Gasteiger partial charge in [0.25, 0.3) is 0 Å². The first kappa shape index (κ1) is 22.8. The van der Waals surface area contributed by atoms with E-state index in [1.54, 1.807) is 0 Å². The number of likely N-dealkylation sites (tertiary alicyclic amines) is 1. The Morgan fingerprint density at radius 2 is 1.58 bits per heavy atom. The molecule has 6 nitrogen and oxygen atoms in total. The second kappa shape index (κ2) is 10.4. The highest BCUT2D eigenvalue weighted by molar-refractivity contribution is 5.86. The Hall–Kier alpha value is -2.86. The molecular weight excluding hydrogens is 392 g/mol. The van der Waals surface area contributed by atoms with Crippen molar-refractivity contribution in [3.05, 3.63) is 71.3 Å². The molecule has 0 radical (unpaired) electrons. The van der Waals surface area contributed by atoms with E-state index >= 15 is 0 Å². The molecule has 1 aliphatic heterocycles. The van der Waals surface area contributed by atoms with Gasteiger partial charge in [0.2, 0.25) is 5.91 Å². The van der Waals surface area contributed by atoms with Gasteiger partial charge in [0.15, 0.2) is 0 Å². The van der Waals surface area contributed by atoms with Crippen LogP contribution in [0.5, 0.6) is 0 Å². The maximum absolute atomic E-state index is 12.7. The zero-order chi connectivity index (χ0) is 22.3. The van der Waals surface area contributed by atoms with Crippen LogP contribution in [0.1, 0.15) is 50.3 Å². The predicted molar refractivity (Wildman–Crippen MR) is 119 cm³/mol. The summed E-state index contributed by atoms with van der Waals surface area (Å²) >= 11 is 0. The van der Waals surface area contributed by atoms with Crippen molar-refractivity contribution in [3.63, 3.8) is 0 Å². The molecule has 1 fully saturated rings. The van der Waals surface area contributed by atoms with Gasteiger partial charge in [-0.2, -0.15) is 0 Å². The lowest BCUT2D eigenvalue weighted by molar-refractivity contribution is -0.125. The Kier molecular flexibility index (Phi) is 7.69. The molecule has 0 saturated carbocycles. The first-order valence-electron chi connectivity index (χ1n) is 10.8. The summed E-state index contributed by atoms with van der Waals surface area (Å²) in [5.74, 6) is -0.140. The Morgan fingerprint density at radius 1 is 0.968 bits per heavy atom. The minimum atomic E-state index is -0.576. The van der Waals surface area contributed by atoms with Crippen LogP contribution in [-0.4, -0.2) is 35.1 Å². The highest BCUT2D eigenvalue weighted by atomic mass is 16.6. The van der Waals surface area contributed by atoms with Crippen LogP contribution >= 0.6 is 0 Å². The maximum atomic E-state index is 12.7. The van der Waals surface area contributed by atoms with Crippen LogP contribution in [0.4, 0.5) is 4.79 Å². The fourth-order valence-corrected chi connectivity index (χ4v) is 3.50. The van der Waals surface area contributed by atoms with Crippen LogP contribution in [0.3, 0.4) is 0 Å². The third kappa shape index (κ3) is 7.10. The van der Waals surface area contributed by atoms with Gasteiger partial charge in [-0.05, 0) is 50.3 Å². The Morgan fingerprint density at radius 3 is 2.23 bits per heavy atom. The molecule has 0 bridgehead atoms. The van der Waals surface area contributed by atoms with Gasteiger partial charge in [0, 0.05) is 13.1 Å². The van der Waals surface area contributed by atoms with Gasteiger partial charge in [-0.1, -0.05) is 54.6 Å². The van der Waals surface area contributed by atoms with Crippen LogP contribution < -0.4 is 5.32 Å². The molecule has 0 unspecified atom stereocenters. The molecule has 2 amide bonds. The van der Waals surface area contributed by atoms with Crippen LogP contribution in [-0.2, 0) is 34.0 Å². The largest absolute Gasteiger partial charge is 0.444 e. The molecule has 2 aromatic rings. The molecule has 3 rings (SSSR count). The monoisotopic (exact) mass is 424 g/mol. The normalized spacial score (nSPS) is 16.2. The Balaban J connectivity index is 1.45. The molecule has 1 atom stereocenters. The van der Waals surface area contributed by atoms with Crippen molar-refractivity contribution >= 4 is 12.0 Å². The van der Waals surface area contributed by atoms with Gasteiger partial charge in [-0.25, -0.2) is 4.79 Å². The molecule has 1 aliphatic rings. The number of hydrogen-bond donors (Lipinski definition) is 1. The van der Waals surface area contributed by atoms with Gasteiger partial charge in [0.05, 0.1) is 13.2 Å². The molecule has 0 aromatic heterocycles. The fourth-order valence-electron chi connectivity index (χ4n) is 3.50. The van der Waals surface area contributed by atoms with E-state index in [0.717, 1.165) is 23.1 Å². The molecule has 1 saturated heterocycles. The first-order chi connectivity index (χ1) is 14.8. The lowest BCUT2D eigenvalue weighted by Gasteiger charge is -2.28. The average Bonchev–Trinajstić information content (AvgIpc) is 3.23. The summed E-state index contributed by atoms with van der Waals surface area (Å²) in [5.41, 5.74) is 2.65. The number of carbonyl (C=O) groups is 2. The fraction of sp³-hybridized carbons (Fsp3) is 0.440. The topological polar surface area (TPSA) is 67.9 Å². The maximum Gasteiger partial charge on any atom is 0.410 e. The number of rotatable bonds is 7. The smallest absolute Gasteiger partial charge is 0.410 e. The third-order valence-corrected chi connectivity index (χ3v) is 5.05. The van der Waals surface area contributed by atoms with E-state index in [0.29, 0.717) is 32.7 Å². The summed E-state index contributed by atoms with van der Waals surface area (Å²) in [6.45, 7) is 7.56. The Labute approximate surface area is 184 Å². The van der Waals surface area contributed by atoms with Gasteiger partial charge in [-0.15, -0.1) is 0 Å². The number of benzene rings is 2. The zero-order valence-electron chi connectivity index (χ0n) is 18.6. The Bertz CT molecular complexity index is 859. The molecule has 0 spiro atoms. The summed E-state index contributed by atoms with van der Waals surface area (Å²) in [4.78, 5) is 26.6. The molecule has 1 heterocycles. The van der Waals surface area contributed by atoms with Gasteiger partial charge in [0.1, 0.15) is 11.6 Å². The molecular formula is C25H32N2O4. The minimum Gasteiger partial charge on any atom is -0.444 e. The van der Waals surface area contributed by atoms with Crippen molar-refractivity contribution < 1.29 is 19.1 Å². The summed E-state index contributed by atoms with van der Waals surface area (Å²) in [6.07, 6.45) is 1.03. The number of carbonyl (C=O) groups excluding carboxylic acids is 2. The highest BCUT2D eigenvalue weighted by Crippen LogP contribution is 2.21. The van der Waals surface area contributed by atoms with Crippen molar-refractivity contribution in [2.24, 2.45) is 0 Å². The predicted octanol–water partition coefficient (Wildman–Crippen LogP) is 4.42. The number of ether oxygens (including phenoxy) is 2. The van der Waals surface area contributed by atoms with Gasteiger partial charge in [-0.3, -0.25) is 9.69 Å². The molecule has 6 heteroatoms. The number of amides is 2. The van der Waals surface area contributed by atoms with E-state index in [9.17, 15) is 9.59 Å². The van der Waals surface area contributed by atoms with Crippen LogP contribution in [0, 0.1) is 0 Å². The van der Waals surface area contributed by atoms with E-state index in [1.165, 1.54) is 4.90 Å². The van der Waals surface area contributed by atoms with Crippen molar-refractivity contribution in [1.82, 2.24) is 10.2 Å². The number of nitrogens with one attached hydrogen (secondary N) is 1. The molecule has 2 aromatic carbocycles. The van der Waals surface area contributed by atoms with E-state index in [-0.39, 0.29) is 5.91 Å². The molecule has 1 N–H and O–H groups in total. The van der Waals surface area contributed by atoms with E-state index in [4.69, 9.17) is 9.47 Å². The van der Waals surface area contributed by atoms with Crippen molar-refractivity contribution in [1.29, 1.82) is 0 Å². The number of hydrogen-bond acceptors (Lipinski definition) is 4. The summed E-state index contributed by atoms with van der Waals surface area (Å²) in [7, 11) is 0. The molecule has 0 aliphatic carbocycles. The summed E-state index contributed by atoms with van der Waals surface area (Å²) in [5, 5.41) is 2.95. The number of nitrogens with zero attached hydrogens (tertiary/aromatic N) is 1. The van der Waals surface area contributed by atoms with Crippen LogP contribution in [0.15, 0.2) is 54.6 Å². The molecule has 31 heavy (non-hydrogen) atoms. The van der Waals surface area contributed by atoms with Crippen LogP contribution in [0.2, 0.25) is 0 Å². The van der Waals surface area contributed by atoms with Crippen molar-refractivity contribution in [2.75, 3.05) is 6.54 Å².